The Hall–Kier alpha value is -2.28. The van der Waals surface area contributed by atoms with Gasteiger partial charge in [0, 0.05) is 16.3 Å². The molecule has 1 N–H and O–H groups in total. The first kappa shape index (κ1) is 19.1. The molecule has 0 saturated heterocycles. The minimum Gasteiger partial charge on any atom is -0.298 e. The lowest BCUT2D eigenvalue weighted by atomic mass is 9.88. The maximum Gasteiger partial charge on any atom is 0.259 e. The van der Waals surface area contributed by atoms with Gasteiger partial charge in [0.1, 0.15) is 0 Å². The standard InChI is InChI=1S/C21H27N5OS/c1-5-6-14-7-8-17-18(9-14)28-21(24-17)25-20(27)16-10-15-11-22-26(12(2)3)19(15)23-13(16)4/h10-12,14H,5-9H2,1-4H3,(H,24,25,27). The zero-order valence-corrected chi connectivity index (χ0v) is 17.8. The predicted octanol–water partition coefficient (Wildman–Crippen LogP) is 4.93. The van der Waals surface area contributed by atoms with Gasteiger partial charge in [-0.05, 0) is 52.0 Å². The van der Waals surface area contributed by atoms with E-state index in [1.807, 2.05) is 17.7 Å². The quantitative estimate of drug-likeness (QED) is 0.662. The molecule has 0 aromatic carbocycles. The number of nitrogens with zero attached hydrogens (tertiary/aromatic N) is 4. The van der Waals surface area contributed by atoms with Gasteiger partial charge in [-0.15, -0.1) is 11.3 Å². The molecular formula is C21H27N5OS. The number of pyridine rings is 1. The normalized spacial score (nSPS) is 16.5. The van der Waals surface area contributed by atoms with Gasteiger partial charge >= 0.3 is 0 Å². The number of rotatable bonds is 5. The lowest BCUT2D eigenvalue weighted by Gasteiger charge is -2.19. The number of aryl methyl sites for hydroxylation is 2. The maximum atomic E-state index is 12.9. The third kappa shape index (κ3) is 3.55. The minimum atomic E-state index is -0.152. The third-order valence-electron chi connectivity index (χ3n) is 5.45. The highest BCUT2D eigenvalue weighted by molar-refractivity contribution is 7.15. The number of carbonyl (C=O) groups is 1. The maximum absolute atomic E-state index is 12.9. The molecule has 3 aromatic rings. The molecule has 1 amide bonds. The number of amides is 1. The van der Waals surface area contributed by atoms with E-state index in [0.29, 0.717) is 16.4 Å². The van der Waals surface area contributed by atoms with Gasteiger partial charge in [0.15, 0.2) is 10.8 Å². The zero-order chi connectivity index (χ0) is 19.8. The summed E-state index contributed by atoms with van der Waals surface area (Å²) >= 11 is 1.63. The molecule has 6 nitrogen and oxygen atoms in total. The zero-order valence-electron chi connectivity index (χ0n) is 17.0. The Kier molecular flexibility index (Phi) is 5.19. The van der Waals surface area contributed by atoms with Crippen LogP contribution in [0.25, 0.3) is 11.0 Å². The van der Waals surface area contributed by atoms with E-state index in [9.17, 15) is 4.79 Å². The number of hydrogen-bond donors (Lipinski definition) is 1. The van der Waals surface area contributed by atoms with Crippen molar-refractivity contribution in [2.45, 2.75) is 65.8 Å². The average Bonchev–Trinajstić information content (AvgIpc) is 3.23. The molecule has 0 radical (unpaired) electrons. The van der Waals surface area contributed by atoms with Gasteiger partial charge in [-0.1, -0.05) is 19.8 Å². The van der Waals surface area contributed by atoms with Crippen LogP contribution in [0.1, 0.15) is 72.7 Å². The van der Waals surface area contributed by atoms with E-state index in [-0.39, 0.29) is 11.9 Å². The SMILES string of the molecule is CCCC1CCc2nc(NC(=O)c3cc4cnn(C(C)C)c4nc3C)sc2C1. The lowest BCUT2D eigenvalue weighted by Crippen LogP contribution is -2.15. The molecule has 1 aliphatic rings. The summed E-state index contributed by atoms with van der Waals surface area (Å²) in [6.45, 7) is 8.25. The predicted molar refractivity (Wildman–Crippen MR) is 113 cm³/mol. The van der Waals surface area contributed by atoms with E-state index in [0.717, 1.165) is 35.5 Å². The fraction of sp³-hybridized carbons (Fsp3) is 0.524. The smallest absolute Gasteiger partial charge is 0.259 e. The number of aromatic nitrogens is 4. The van der Waals surface area contributed by atoms with Crippen LogP contribution in [-0.4, -0.2) is 25.7 Å². The summed E-state index contributed by atoms with van der Waals surface area (Å²) in [4.78, 5) is 23.5. The van der Waals surface area contributed by atoms with Crippen LogP contribution in [0.4, 0.5) is 5.13 Å². The molecule has 1 unspecified atom stereocenters. The van der Waals surface area contributed by atoms with Gasteiger partial charge in [0.2, 0.25) is 0 Å². The monoisotopic (exact) mass is 397 g/mol. The molecule has 1 atom stereocenters. The van der Waals surface area contributed by atoms with E-state index < -0.39 is 0 Å². The number of thiazole rings is 1. The Bertz CT molecular complexity index is 1020. The first-order chi connectivity index (χ1) is 13.5. The van der Waals surface area contributed by atoms with Crippen LogP contribution in [0.15, 0.2) is 12.3 Å². The summed E-state index contributed by atoms with van der Waals surface area (Å²) in [5.74, 6) is 0.605. The molecule has 0 aliphatic heterocycles. The molecule has 7 heteroatoms. The molecule has 0 bridgehead atoms. The number of hydrogen-bond acceptors (Lipinski definition) is 5. The second-order valence-electron chi connectivity index (χ2n) is 7.96. The molecule has 0 fully saturated rings. The van der Waals surface area contributed by atoms with Gasteiger partial charge in [-0.2, -0.15) is 5.10 Å². The minimum absolute atomic E-state index is 0.152. The number of fused-ring (bicyclic) bond motifs is 2. The highest BCUT2D eigenvalue weighted by atomic mass is 32.1. The topological polar surface area (TPSA) is 72.7 Å². The van der Waals surface area contributed by atoms with Gasteiger partial charge in [0.25, 0.3) is 5.91 Å². The van der Waals surface area contributed by atoms with Crippen molar-refractivity contribution in [3.05, 3.63) is 34.1 Å². The Morgan fingerprint density at radius 3 is 2.96 bits per heavy atom. The molecule has 3 aromatic heterocycles. The molecule has 0 spiro atoms. The highest BCUT2D eigenvalue weighted by Crippen LogP contribution is 2.34. The van der Waals surface area contributed by atoms with E-state index in [4.69, 9.17) is 0 Å². The molecular weight excluding hydrogens is 370 g/mol. The fourth-order valence-corrected chi connectivity index (χ4v) is 5.11. The molecule has 28 heavy (non-hydrogen) atoms. The summed E-state index contributed by atoms with van der Waals surface area (Å²) in [5, 5.41) is 8.98. The summed E-state index contributed by atoms with van der Waals surface area (Å²) in [6.07, 6.45) is 7.59. The van der Waals surface area contributed by atoms with E-state index in [1.54, 1.807) is 17.5 Å². The van der Waals surface area contributed by atoms with Crippen molar-refractivity contribution >= 4 is 33.4 Å². The summed E-state index contributed by atoms with van der Waals surface area (Å²) in [7, 11) is 0. The Labute approximate surface area is 169 Å². The summed E-state index contributed by atoms with van der Waals surface area (Å²) in [6, 6.07) is 2.10. The Morgan fingerprint density at radius 1 is 1.39 bits per heavy atom. The lowest BCUT2D eigenvalue weighted by molar-refractivity contribution is 0.102. The van der Waals surface area contributed by atoms with Crippen LogP contribution >= 0.6 is 11.3 Å². The molecule has 4 rings (SSSR count). The molecule has 1 aliphatic carbocycles. The number of anilines is 1. The van der Waals surface area contributed by atoms with Gasteiger partial charge in [0.05, 0.1) is 23.1 Å². The van der Waals surface area contributed by atoms with Crippen LogP contribution in [0, 0.1) is 12.8 Å². The van der Waals surface area contributed by atoms with Crippen LogP contribution in [0.5, 0.6) is 0 Å². The van der Waals surface area contributed by atoms with Crippen molar-refractivity contribution in [3.8, 4) is 0 Å². The first-order valence-electron chi connectivity index (χ1n) is 10.1. The van der Waals surface area contributed by atoms with Crippen molar-refractivity contribution in [3.63, 3.8) is 0 Å². The van der Waals surface area contributed by atoms with Gasteiger partial charge < -0.3 is 0 Å². The second kappa shape index (κ2) is 7.62. The summed E-state index contributed by atoms with van der Waals surface area (Å²) in [5.41, 5.74) is 3.26. The van der Waals surface area contributed by atoms with Crippen molar-refractivity contribution in [1.29, 1.82) is 0 Å². The number of carbonyl (C=O) groups excluding carboxylic acids is 1. The van der Waals surface area contributed by atoms with E-state index in [2.05, 4.69) is 41.2 Å². The van der Waals surface area contributed by atoms with E-state index >= 15 is 0 Å². The van der Waals surface area contributed by atoms with Crippen LogP contribution in [-0.2, 0) is 12.8 Å². The van der Waals surface area contributed by atoms with Crippen LogP contribution in [0.3, 0.4) is 0 Å². The molecule has 148 valence electrons. The van der Waals surface area contributed by atoms with Crippen LogP contribution in [0.2, 0.25) is 0 Å². The largest absolute Gasteiger partial charge is 0.298 e. The second-order valence-corrected chi connectivity index (χ2v) is 9.04. The van der Waals surface area contributed by atoms with Crippen molar-refractivity contribution < 1.29 is 4.79 Å². The fourth-order valence-electron chi connectivity index (χ4n) is 3.99. The van der Waals surface area contributed by atoms with Gasteiger partial charge in [-0.25, -0.2) is 14.6 Å². The van der Waals surface area contributed by atoms with Crippen LogP contribution < -0.4 is 5.32 Å². The van der Waals surface area contributed by atoms with E-state index in [1.165, 1.54) is 24.1 Å². The van der Waals surface area contributed by atoms with Crippen molar-refractivity contribution in [2.24, 2.45) is 5.92 Å². The average molecular weight is 398 g/mol. The molecule has 0 saturated carbocycles. The Balaban J connectivity index is 1.55. The van der Waals surface area contributed by atoms with Gasteiger partial charge in [-0.3, -0.25) is 10.1 Å². The number of nitrogens with one attached hydrogen (secondary N) is 1. The molecule has 3 heterocycles. The summed E-state index contributed by atoms with van der Waals surface area (Å²) < 4.78 is 1.88. The van der Waals surface area contributed by atoms with Crippen molar-refractivity contribution in [2.75, 3.05) is 5.32 Å². The third-order valence-corrected chi connectivity index (χ3v) is 6.49. The Morgan fingerprint density at radius 2 is 2.21 bits per heavy atom. The first-order valence-corrected chi connectivity index (χ1v) is 10.9. The highest BCUT2D eigenvalue weighted by Gasteiger charge is 2.23. The van der Waals surface area contributed by atoms with Crippen molar-refractivity contribution in [1.82, 2.24) is 19.7 Å².